The van der Waals surface area contributed by atoms with Crippen LogP contribution in [0.2, 0.25) is 0 Å². The van der Waals surface area contributed by atoms with Gasteiger partial charge in [-0.2, -0.15) is 4.37 Å². The van der Waals surface area contributed by atoms with Crippen molar-refractivity contribution in [2.45, 2.75) is 6.42 Å². The molecule has 0 bridgehead atoms. The molecule has 2 rings (SSSR count). The van der Waals surface area contributed by atoms with E-state index in [1.165, 1.54) is 11.5 Å². The van der Waals surface area contributed by atoms with E-state index in [1.807, 2.05) is 18.2 Å². The van der Waals surface area contributed by atoms with Crippen molar-refractivity contribution in [1.82, 2.24) is 9.36 Å². The number of nitrogens with zero attached hydrogens (tertiary/aromatic N) is 2. The fourth-order valence-corrected chi connectivity index (χ4v) is 1.89. The van der Waals surface area contributed by atoms with E-state index in [1.54, 1.807) is 19.7 Å². The molecule has 0 aliphatic heterocycles. The van der Waals surface area contributed by atoms with Crippen LogP contribution in [0.25, 0.3) is 0 Å². The van der Waals surface area contributed by atoms with E-state index in [9.17, 15) is 0 Å². The maximum Gasteiger partial charge on any atom is 0.146 e. The fraction of sp³-hybridized carbons (Fsp3) is 0.273. The van der Waals surface area contributed by atoms with Crippen LogP contribution in [0.1, 0.15) is 11.4 Å². The molecule has 4 nitrogen and oxygen atoms in total. The first-order valence-corrected chi connectivity index (χ1v) is 5.63. The van der Waals surface area contributed by atoms with Crippen molar-refractivity contribution in [3.8, 4) is 11.5 Å². The van der Waals surface area contributed by atoms with Crippen molar-refractivity contribution in [2.75, 3.05) is 14.2 Å². The largest absolute Gasteiger partial charge is 0.497 e. The number of rotatable bonds is 4. The van der Waals surface area contributed by atoms with Crippen molar-refractivity contribution < 1.29 is 9.47 Å². The van der Waals surface area contributed by atoms with E-state index >= 15 is 0 Å². The molecule has 0 amide bonds. The van der Waals surface area contributed by atoms with Crippen LogP contribution in [0.15, 0.2) is 23.7 Å². The SMILES string of the molecule is COc1ccc(Cc2ncsn2)c(OC)c1. The van der Waals surface area contributed by atoms with Gasteiger partial charge >= 0.3 is 0 Å². The Morgan fingerprint density at radius 2 is 2.12 bits per heavy atom. The Bertz CT molecular complexity index is 457. The average molecular weight is 236 g/mol. The lowest BCUT2D eigenvalue weighted by molar-refractivity contribution is 0.391. The third-order valence-electron chi connectivity index (χ3n) is 2.25. The Labute approximate surface area is 98.0 Å². The lowest BCUT2D eigenvalue weighted by Gasteiger charge is -2.08. The molecule has 0 atom stereocenters. The summed E-state index contributed by atoms with van der Waals surface area (Å²) in [6.45, 7) is 0. The molecule has 1 aromatic carbocycles. The van der Waals surface area contributed by atoms with Crippen LogP contribution in [0.5, 0.6) is 11.5 Å². The van der Waals surface area contributed by atoms with E-state index < -0.39 is 0 Å². The van der Waals surface area contributed by atoms with Crippen molar-refractivity contribution in [1.29, 1.82) is 0 Å². The van der Waals surface area contributed by atoms with Gasteiger partial charge in [-0.1, -0.05) is 6.07 Å². The van der Waals surface area contributed by atoms with Crippen molar-refractivity contribution >= 4 is 11.5 Å². The quantitative estimate of drug-likeness (QED) is 0.816. The topological polar surface area (TPSA) is 44.2 Å². The third kappa shape index (κ3) is 2.30. The van der Waals surface area contributed by atoms with Crippen LogP contribution < -0.4 is 9.47 Å². The highest BCUT2D eigenvalue weighted by Crippen LogP contribution is 2.25. The normalized spacial score (nSPS) is 10.1. The predicted molar refractivity (Wildman–Crippen MR) is 62.3 cm³/mol. The molecular weight excluding hydrogens is 224 g/mol. The first kappa shape index (κ1) is 10.9. The lowest BCUT2D eigenvalue weighted by Crippen LogP contribution is -1.96. The number of hydrogen-bond donors (Lipinski definition) is 0. The number of methoxy groups -OCH3 is 2. The van der Waals surface area contributed by atoms with Gasteiger partial charge in [-0.15, -0.1) is 0 Å². The molecule has 0 N–H and O–H groups in total. The van der Waals surface area contributed by atoms with Crippen molar-refractivity contribution in [2.24, 2.45) is 0 Å². The van der Waals surface area contributed by atoms with Crippen LogP contribution in [-0.2, 0) is 6.42 Å². The zero-order valence-corrected chi connectivity index (χ0v) is 9.95. The molecule has 1 aromatic heterocycles. The molecule has 0 spiro atoms. The standard InChI is InChI=1S/C11H12N2O2S/c1-14-9-4-3-8(10(6-9)15-2)5-11-12-7-16-13-11/h3-4,6-7H,5H2,1-2H3. The molecule has 0 radical (unpaired) electrons. The molecule has 0 unspecified atom stereocenters. The molecule has 16 heavy (non-hydrogen) atoms. The number of benzene rings is 1. The molecule has 5 heteroatoms. The van der Waals surface area contributed by atoms with Crippen LogP contribution in [-0.4, -0.2) is 23.6 Å². The Hall–Kier alpha value is -1.62. The molecule has 0 aliphatic carbocycles. The average Bonchev–Trinajstić information content (AvgIpc) is 2.82. The van der Waals surface area contributed by atoms with Gasteiger partial charge in [-0.3, -0.25) is 0 Å². The summed E-state index contributed by atoms with van der Waals surface area (Å²) in [4.78, 5) is 4.15. The molecule has 0 aliphatic rings. The van der Waals surface area contributed by atoms with Gasteiger partial charge in [-0.25, -0.2) is 4.98 Å². The van der Waals surface area contributed by atoms with Gasteiger partial charge in [0.05, 0.1) is 14.2 Å². The molecule has 84 valence electrons. The minimum atomic E-state index is 0.677. The Kier molecular flexibility index (Phi) is 3.36. The molecule has 0 saturated heterocycles. The summed E-state index contributed by atoms with van der Waals surface area (Å²) >= 11 is 1.35. The predicted octanol–water partition coefficient (Wildman–Crippen LogP) is 2.15. The van der Waals surface area contributed by atoms with Crippen LogP contribution in [0, 0.1) is 0 Å². The van der Waals surface area contributed by atoms with Gasteiger partial charge in [0, 0.05) is 18.1 Å². The zero-order valence-electron chi connectivity index (χ0n) is 9.14. The highest BCUT2D eigenvalue weighted by Gasteiger charge is 2.07. The second kappa shape index (κ2) is 4.94. The van der Waals surface area contributed by atoms with E-state index in [0.717, 1.165) is 22.9 Å². The maximum atomic E-state index is 5.30. The number of ether oxygens (including phenoxy) is 2. The highest BCUT2D eigenvalue weighted by molar-refractivity contribution is 7.03. The lowest BCUT2D eigenvalue weighted by atomic mass is 10.1. The van der Waals surface area contributed by atoms with Gasteiger partial charge in [0.2, 0.25) is 0 Å². The summed E-state index contributed by atoms with van der Waals surface area (Å²) in [6, 6.07) is 5.74. The highest BCUT2D eigenvalue weighted by atomic mass is 32.1. The molecule has 2 aromatic rings. The van der Waals surface area contributed by atoms with Crippen LogP contribution in [0.4, 0.5) is 0 Å². The second-order valence-corrected chi connectivity index (χ2v) is 3.81. The maximum absolute atomic E-state index is 5.30. The number of hydrogen-bond acceptors (Lipinski definition) is 5. The molecule has 0 fully saturated rings. The Balaban J connectivity index is 2.26. The van der Waals surface area contributed by atoms with Crippen LogP contribution in [0.3, 0.4) is 0 Å². The van der Waals surface area contributed by atoms with Gasteiger partial charge in [-0.05, 0) is 17.6 Å². The Morgan fingerprint density at radius 1 is 1.25 bits per heavy atom. The van der Waals surface area contributed by atoms with Crippen molar-refractivity contribution in [3.63, 3.8) is 0 Å². The van der Waals surface area contributed by atoms with Gasteiger partial charge in [0.25, 0.3) is 0 Å². The van der Waals surface area contributed by atoms with Gasteiger partial charge < -0.3 is 9.47 Å². The third-order valence-corrected chi connectivity index (χ3v) is 2.77. The first-order chi connectivity index (χ1) is 7.83. The summed E-state index contributed by atoms with van der Waals surface area (Å²) in [6.07, 6.45) is 0.677. The monoisotopic (exact) mass is 236 g/mol. The van der Waals surface area contributed by atoms with Gasteiger partial charge in [0.1, 0.15) is 22.8 Å². The van der Waals surface area contributed by atoms with E-state index in [4.69, 9.17) is 9.47 Å². The summed E-state index contributed by atoms with van der Waals surface area (Å²) in [5, 5.41) is 0. The zero-order chi connectivity index (χ0) is 11.4. The smallest absolute Gasteiger partial charge is 0.146 e. The number of aromatic nitrogens is 2. The Morgan fingerprint density at radius 3 is 2.75 bits per heavy atom. The summed E-state index contributed by atoms with van der Waals surface area (Å²) < 4.78 is 14.6. The molecule has 1 heterocycles. The minimum absolute atomic E-state index is 0.677. The van der Waals surface area contributed by atoms with Crippen LogP contribution >= 0.6 is 11.5 Å². The van der Waals surface area contributed by atoms with Crippen molar-refractivity contribution in [3.05, 3.63) is 35.1 Å². The summed E-state index contributed by atoms with van der Waals surface area (Å²) in [5.41, 5.74) is 2.78. The molecular formula is C11H12N2O2S. The van der Waals surface area contributed by atoms with E-state index in [0.29, 0.717) is 6.42 Å². The van der Waals surface area contributed by atoms with E-state index in [-0.39, 0.29) is 0 Å². The van der Waals surface area contributed by atoms with E-state index in [2.05, 4.69) is 9.36 Å². The van der Waals surface area contributed by atoms with Gasteiger partial charge in [0.15, 0.2) is 0 Å². The second-order valence-electron chi connectivity index (χ2n) is 3.20. The minimum Gasteiger partial charge on any atom is -0.497 e. The fourth-order valence-electron chi connectivity index (χ4n) is 1.44. The summed E-state index contributed by atoms with van der Waals surface area (Å²) in [5.74, 6) is 2.40. The first-order valence-electron chi connectivity index (χ1n) is 4.79. The molecule has 0 saturated carbocycles. The summed E-state index contributed by atoms with van der Waals surface area (Å²) in [7, 11) is 3.28.